The molecular formula is C8H14ClNO3. The van der Waals surface area contributed by atoms with Crippen LogP contribution in [0, 0.1) is 0 Å². The van der Waals surface area contributed by atoms with E-state index in [1.165, 1.54) is 0 Å². The van der Waals surface area contributed by atoms with Gasteiger partial charge in [0, 0.05) is 0 Å². The maximum Gasteiger partial charge on any atom is 0.177 e. The summed E-state index contributed by atoms with van der Waals surface area (Å²) < 4.78 is 11.0. The Kier molecular flexibility index (Phi) is 2.58. The zero-order valence-corrected chi connectivity index (χ0v) is 8.92. The predicted octanol–water partition coefficient (Wildman–Crippen LogP) is 1.94. The van der Waals surface area contributed by atoms with Crippen molar-refractivity contribution in [2.75, 3.05) is 0 Å². The summed E-state index contributed by atoms with van der Waals surface area (Å²) in [5.74, 6) is -0.695. The normalized spacial score (nSPS) is 32.1. The van der Waals surface area contributed by atoms with Crippen molar-refractivity contribution in [3.8, 4) is 0 Å². The minimum atomic E-state index is -0.695. The molecular weight excluding hydrogens is 194 g/mol. The summed E-state index contributed by atoms with van der Waals surface area (Å²) in [6.45, 7) is 7.24. The molecule has 0 unspecified atom stereocenters. The molecule has 1 N–H and O–H groups in total. The Bertz CT molecular complexity index is 238. The summed E-state index contributed by atoms with van der Waals surface area (Å²) in [5, 5.41) is 11.4. The highest BCUT2D eigenvalue weighted by Gasteiger charge is 2.49. The van der Waals surface area contributed by atoms with E-state index in [9.17, 15) is 0 Å². The second-order valence-electron chi connectivity index (χ2n) is 4.03. The molecule has 0 bridgehead atoms. The van der Waals surface area contributed by atoms with Gasteiger partial charge in [-0.3, -0.25) is 0 Å². The second kappa shape index (κ2) is 3.12. The zero-order valence-electron chi connectivity index (χ0n) is 8.17. The second-order valence-corrected chi connectivity index (χ2v) is 4.41. The van der Waals surface area contributed by atoms with Crippen LogP contribution in [0.3, 0.4) is 0 Å². The molecule has 1 aliphatic heterocycles. The van der Waals surface area contributed by atoms with Crippen LogP contribution in [0.5, 0.6) is 0 Å². The van der Waals surface area contributed by atoms with E-state index in [1.54, 1.807) is 13.8 Å². The fourth-order valence-corrected chi connectivity index (χ4v) is 1.83. The minimum absolute atomic E-state index is 0.00979. The van der Waals surface area contributed by atoms with Crippen molar-refractivity contribution in [2.45, 2.75) is 45.2 Å². The molecule has 76 valence electrons. The fourth-order valence-electron chi connectivity index (χ4n) is 1.52. The number of ether oxygens (including phenoxy) is 2. The number of nitrogens with zero attached hydrogens (tertiary/aromatic N) is 1. The van der Waals surface area contributed by atoms with E-state index < -0.39 is 17.5 Å². The van der Waals surface area contributed by atoms with Crippen LogP contribution in [0.25, 0.3) is 0 Å². The lowest BCUT2D eigenvalue weighted by molar-refractivity contribution is -0.155. The van der Waals surface area contributed by atoms with Crippen molar-refractivity contribution in [1.82, 2.24) is 0 Å². The van der Waals surface area contributed by atoms with Crippen LogP contribution in [0.1, 0.15) is 27.7 Å². The van der Waals surface area contributed by atoms with Gasteiger partial charge in [0.25, 0.3) is 0 Å². The van der Waals surface area contributed by atoms with E-state index in [1.807, 2.05) is 13.8 Å². The summed E-state index contributed by atoms with van der Waals surface area (Å²) in [7, 11) is 0. The summed E-state index contributed by atoms with van der Waals surface area (Å²) in [6, 6.07) is 0. The maximum atomic E-state index is 8.52. The van der Waals surface area contributed by atoms with Gasteiger partial charge in [0.15, 0.2) is 11.0 Å². The first kappa shape index (κ1) is 10.8. The molecule has 13 heavy (non-hydrogen) atoms. The van der Waals surface area contributed by atoms with Gasteiger partial charge in [0.05, 0.1) is 5.60 Å². The lowest BCUT2D eigenvalue weighted by Gasteiger charge is -2.22. The van der Waals surface area contributed by atoms with Crippen molar-refractivity contribution in [3.05, 3.63) is 0 Å². The average molecular weight is 208 g/mol. The van der Waals surface area contributed by atoms with Gasteiger partial charge in [0.1, 0.15) is 6.10 Å². The molecule has 1 fully saturated rings. The van der Waals surface area contributed by atoms with Crippen LogP contribution in [-0.4, -0.2) is 27.9 Å². The van der Waals surface area contributed by atoms with Gasteiger partial charge in [-0.1, -0.05) is 16.8 Å². The molecule has 0 amide bonds. The van der Waals surface area contributed by atoms with Crippen LogP contribution in [0.4, 0.5) is 0 Å². The van der Waals surface area contributed by atoms with E-state index in [4.69, 9.17) is 26.3 Å². The highest BCUT2D eigenvalue weighted by Crippen LogP contribution is 2.37. The largest absolute Gasteiger partial charge is 0.410 e. The number of halogens is 1. The van der Waals surface area contributed by atoms with Gasteiger partial charge >= 0.3 is 0 Å². The molecule has 1 atom stereocenters. The van der Waals surface area contributed by atoms with E-state index in [2.05, 4.69) is 5.16 Å². The zero-order chi connectivity index (χ0) is 10.3. The van der Waals surface area contributed by atoms with Crippen LogP contribution in [0.2, 0.25) is 0 Å². The third-order valence-electron chi connectivity index (χ3n) is 1.85. The lowest BCUT2D eigenvalue weighted by Crippen LogP contribution is -2.37. The lowest BCUT2D eigenvalue weighted by atomic mass is 10.0. The number of hydrogen-bond donors (Lipinski definition) is 1. The van der Waals surface area contributed by atoms with Crippen molar-refractivity contribution in [3.63, 3.8) is 0 Å². The van der Waals surface area contributed by atoms with Crippen LogP contribution in [0.15, 0.2) is 5.16 Å². The molecule has 1 heterocycles. The maximum absolute atomic E-state index is 8.52. The Hall–Kier alpha value is -0.320. The van der Waals surface area contributed by atoms with E-state index in [0.29, 0.717) is 0 Å². The van der Waals surface area contributed by atoms with E-state index in [-0.39, 0.29) is 5.17 Å². The SMILES string of the molecule is CC1(C)O[C@@H](/C(Cl)=N/O)C(C)(C)O1. The molecule has 1 rings (SSSR count). The Labute approximate surface area is 82.5 Å². The van der Waals surface area contributed by atoms with Crippen LogP contribution < -0.4 is 0 Å². The molecule has 5 heteroatoms. The van der Waals surface area contributed by atoms with Gasteiger partial charge < -0.3 is 14.7 Å². The first-order chi connectivity index (χ1) is 5.78. The summed E-state index contributed by atoms with van der Waals surface area (Å²) in [4.78, 5) is 0. The Morgan fingerprint density at radius 1 is 1.38 bits per heavy atom. The third kappa shape index (κ3) is 2.13. The standard InChI is InChI=1S/C8H14ClNO3/c1-7(2)5(6(9)10-11)12-8(3,4)13-7/h5,11H,1-4H3/b10-6-/t5-/m0/s1. The Balaban J connectivity index is 2.89. The topological polar surface area (TPSA) is 51.0 Å². The predicted molar refractivity (Wildman–Crippen MR) is 49.2 cm³/mol. The average Bonchev–Trinajstić information content (AvgIpc) is 2.17. The Morgan fingerprint density at radius 3 is 2.23 bits per heavy atom. The summed E-state index contributed by atoms with van der Waals surface area (Å²) in [5.41, 5.74) is -0.577. The van der Waals surface area contributed by atoms with E-state index in [0.717, 1.165) is 0 Å². The highest BCUT2D eigenvalue weighted by atomic mass is 35.5. The molecule has 0 aliphatic carbocycles. The van der Waals surface area contributed by atoms with Crippen molar-refractivity contribution in [1.29, 1.82) is 0 Å². The van der Waals surface area contributed by atoms with Crippen molar-refractivity contribution in [2.24, 2.45) is 5.16 Å². The quantitative estimate of drug-likeness (QED) is 0.406. The third-order valence-corrected chi connectivity index (χ3v) is 2.13. The molecule has 0 saturated carbocycles. The smallest absolute Gasteiger partial charge is 0.177 e. The first-order valence-corrected chi connectivity index (χ1v) is 4.42. The number of hydrogen-bond acceptors (Lipinski definition) is 4. The molecule has 0 radical (unpaired) electrons. The molecule has 0 aromatic rings. The summed E-state index contributed by atoms with van der Waals surface area (Å²) >= 11 is 5.68. The van der Waals surface area contributed by atoms with Gasteiger partial charge in [-0.25, -0.2) is 0 Å². The highest BCUT2D eigenvalue weighted by molar-refractivity contribution is 6.66. The van der Waals surface area contributed by atoms with Crippen molar-refractivity contribution >= 4 is 16.8 Å². The molecule has 0 aromatic carbocycles. The number of oxime groups is 1. The van der Waals surface area contributed by atoms with Gasteiger partial charge in [0.2, 0.25) is 0 Å². The molecule has 1 saturated heterocycles. The fraction of sp³-hybridized carbons (Fsp3) is 0.875. The van der Waals surface area contributed by atoms with Gasteiger partial charge in [-0.2, -0.15) is 0 Å². The number of rotatable bonds is 1. The monoisotopic (exact) mass is 207 g/mol. The first-order valence-electron chi connectivity index (χ1n) is 4.04. The molecule has 1 aliphatic rings. The molecule has 0 spiro atoms. The summed E-state index contributed by atoms with van der Waals surface area (Å²) in [6.07, 6.45) is -0.519. The van der Waals surface area contributed by atoms with Gasteiger partial charge in [-0.15, -0.1) is 0 Å². The molecule has 0 aromatic heterocycles. The Morgan fingerprint density at radius 2 is 1.92 bits per heavy atom. The van der Waals surface area contributed by atoms with Crippen LogP contribution in [-0.2, 0) is 9.47 Å². The van der Waals surface area contributed by atoms with Crippen molar-refractivity contribution < 1.29 is 14.7 Å². The molecule has 4 nitrogen and oxygen atoms in total. The van der Waals surface area contributed by atoms with Crippen LogP contribution >= 0.6 is 11.6 Å². The minimum Gasteiger partial charge on any atom is -0.410 e. The van der Waals surface area contributed by atoms with Gasteiger partial charge in [-0.05, 0) is 27.7 Å². The van der Waals surface area contributed by atoms with E-state index >= 15 is 0 Å².